The van der Waals surface area contributed by atoms with Crippen LogP contribution in [0.5, 0.6) is 0 Å². The standard InChI is InChI=1S/C14H9F19O/c1-2-34-4-3-6(15,16)9(21,22)12(27,28)10(23,24)7(17,18)5-8(19,20)11(25,26)13(29,30)14(31,32)33/h2H,1,3-5H2. The van der Waals surface area contributed by atoms with Crippen LogP contribution in [0.1, 0.15) is 12.8 Å². The molecule has 0 N–H and O–H groups in total. The van der Waals surface area contributed by atoms with E-state index < -0.39 is 73.0 Å². The van der Waals surface area contributed by atoms with E-state index in [1.165, 1.54) is 0 Å². The molecule has 0 aromatic carbocycles. The molecule has 0 rings (SSSR count). The number of hydrogen-bond donors (Lipinski definition) is 0. The van der Waals surface area contributed by atoms with Gasteiger partial charge in [-0.05, 0) is 0 Å². The lowest BCUT2D eigenvalue weighted by atomic mass is 9.88. The normalized spacial score (nSPS) is 16.0. The highest BCUT2D eigenvalue weighted by Crippen LogP contribution is 2.61. The molecule has 0 spiro atoms. The maximum atomic E-state index is 13.5. The van der Waals surface area contributed by atoms with Crippen LogP contribution in [0, 0.1) is 0 Å². The summed E-state index contributed by atoms with van der Waals surface area (Å²) >= 11 is 0. The van der Waals surface area contributed by atoms with Gasteiger partial charge in [0.15, 0.2) is 0 Å². The Hall–Kier alpha value is -1.79. The minimum atomic E-state index is -8.14. The predicted octanol–water partition coefficient (Wildman–Crippen LogP) is 7.57. The van der Waals surface area contributed by atoms with E-state index in [1.807, 2.05) is 0 Å². The second-order valence-electron chi connectivity index (χ2n) is 6.45. The van der Waals surface area contributed by atoms with Crippen LogP contribution >= 0.6 is 0 Å². The van der Waals surface area contributed by atoms with Gasteiger partial charge in [0.05, 0.1) is 25.7 Å². The smallest absolute Gasteiger partial charge is 0.460 e. The third-order valence-corrected chi connectivity index (χ3v) is 4.01. The monoisotopic (exact) mass is 554 g/mol. The van der Waals surface area contributed by atoms with Crippen LogP contribution < -0.4 is 0 Å². The van der Waals surface area contributed by atoms with Crippen molar-refractivity contribution in [2.45, 2.75) is 66.4 Å². The lowest BCUT2D eigenvalue weighted by Gasteiger charge is -2.41. The van der Waals surface area contributed by atoms with Gasteiger partial charge in [0, 0.05) is 0 Å². The summed E-state index contributed by atoms with van der Waals surface area (Å²) in [5.74, 6) is -61.4. The molecule has 0 aliphatic carbocycles. The number of alkyl halides is 19. The minimum Gasteiger partial charge on any atom is -0.502 e. The van der Waals surface area contributed by atoms with Gasteiger partial charge in [-0.2, -0.15) is 83.4 Å². The minimum absolute atomic E-state index is 0.244. The summed E-state index contributed by atoms with van der Waals surface area (Å²) in [5, 5.41) is 0. The largest absolute Gasteiger partial charge is 0.502 e. The first kappa shape index (κ1) is 32.2. The van der Waals surface area contributed by atoms with Crippen LogP contribution in [-0.4, -0.2) is 60.2 Å². The van der Waals surface area contributed by atoms with Gasteiger partial charge in [-0.25, -0.2) is 0 Å². The van der Waals surface area contributed by atoms with Crippen molar-refractivity contribution in [1.82, 2.24) is 0 Å². The second-order valence-corrected chi connectivity index (χ2v) is 6.45. The molecule has 0 saturated heterocycles. The molecule has 0 fully saturated rings. The fourth-order valence-electron chi connectivity index (χ4n) is 1.99. The molecule has 0 saturated carbocycles. The Labute approximate surface area is 175 Å². The van der Waals surface area contributed by atoms with Crippen LogP contribution in [0.15, 0.2) is 12.8 Å². The van der Waals surface area contributed by atoms with E-state index in [4.69, 9.17) is 0 Å². The molecule has 0 atom stereocenters. The number of rotatable bonds is 12. The summed E-state index contributed by atoms with van der Waals surface area (Å²) in [6.07, 6.45) is -15.0. The number of halogens is 19. The average Bonchev–Trinajstić information content (AvgIpc) is 2.58. The Morgan fingerprint density at radius 1 is 0.471 bits per heavy atom. The molecule has 0 amide bonds. The highest BCUT2D eigenvalue weighted by molar-refractivity contribution is 5.11. The van der Waals surface area contributed by atoms with Gasteiger partial charge in [-0.15, -0.1) is 0 Å². The van der Waals surface area contributed by atoms with Crippen molar-refractivity contribution < 1.29 is 88.2 Å². The van der Waals surface area contributed by atoms with E-state index in [2.05, 4.69) is 11.3 Å². The first-order chi connectivity index (χ1) is 14.5. The van der Waals surface area contributed by atoms with Gasteiger partial charge in [-0.3, -0.25) is 0 Å². The van der Waals surface area contributed by atoms with E-state index in [-0.39, 0.29) is 6.26 Å². The van der Waals surface area contributed by atoms with Gasteiger partial charge in [0.25, 0.3) is 0 Å². The highest BCUT2D eigenvalue weighted by atomic mass is 19.4. The molecule has 0 aliphatic rings. The Morgan fingerprint density at radius 2 is 0.794 bits per heavy atom. The fourth-order valence-corrected chi connectivity index (χ4v) is 1.99. The highest BCUT2D eigenvalue weighted by Gasteiger charge is 2.89. The second kappa shape index (κ2) is 8.70. The van der Waals surface area contributed by atoms with Gasteiger partial charge in [-0.1, -0.05) is 6.58 Å². The summed E-state index contributed by atoms with van der Waals surface area (Å²) in [6.45, 7) is 0.991. The van der Waals surface area contributed by atoms with E-state index in [1.54, 1.807) is 0 Å². The Kier molecular flexibility index (Phi) is 8.24. The van der Waals surface area contributed by atoms with E-state index in [0.717, 1.165) is 0 Å². The van der Waals surface area contributed by atoms with Crippen molar-refractivity contribution in [3.63, 3.8) is 0 Å². The Morgan fingerprint density at radius 3 is 1.12 bits per heavy atom. The van der Waals surface area contributed by atoms with Crippen molar-refractivity contribution in [3.05, 3.63) is 12.8 Å². The SMILES string of the molecule is C=COCCC(F)(F)C(F)(F)C(F)(F)C(F)(F)C(F)(F)CC(F)(F)C(F)(F)C(F)(F)C(F)(F)F. The first-order valence-corrected chi connectivity index (χ1v) is 7.83. The molecular weight excluding hydrogens is 545 g/mol. The Balaban J connectivity index is 6.40. The molecule has 0 aromatic heterocycles. The third-order valence-electron chi connectivity index (χ3n) is 4.01. The molecule has 0 heterocycles. The molecule has 0 aliphatic heterocycles. The molecular formula is C14H9F19O. The van der Waals surface area contributed by atoms with Gasteiger partial charge in [0.2, 0.25) is 0 Å². The van der Waals surface area contributed by atoms with Gasteiger partial charge in [0.1, 0.15) is 0 Å². The van der Waals surface area contributed by atoms with Crippen molar-refractivity contribution >= 4 is 0 Å². The molecule has 204 valence electrons. The van der Waals surface area contributed by atoms with Crippen molar-refractivity contribution in [3.8, 4) is 0 Å². The predicted molar refractivity (Wildman–Crippen MR) is 71.0 cm³/mol. The van der Waals surface area contributed by atoms with Crippen molar-refractivity contribution in [1.29, 1.82) is 0 Å². The molecule has 34 heavy (non-hydrogen) atoms. The van der Waals surface area contributed by atoms with Gasteiger partial charge < -0.3 is 4.74 Å². The zero-order valence-electron chi connectivity index (χ0n) is 15.5. The van der Waals surface area contributed by atoms with Crippen LogP contribution in [-0.2, 0) is 4.74 Å². The summed E-state index contributed by atoms with van der Waals surface area (Å²) in [6, 6.07) is 0. The molecule has 0 unspecified atom stereocenters. The van der Waals surface area contributed by atoms with E-state index in [0.29, 0.717) is 0 Å². The van der Waals surface area contributed by atoms with Crippen LogP contribution in [0.3, 0.4) is 0 Å². The van der Waals surface area contributed by atoms with Gasteiger partial charge >= 0.3 is 53.6 Å². The van der Waals surface area contributed by atoms with Crippen LogP contribution in [0.25, 0.3) is 0 Å². The zero-order chi connectivity index (χ0) is 28.0. The fraction of sp³-hybridized carbons (Fsp3) is 0.857. The molecule has 1 nitrogen and oxygen atoms in total. The molecule has 0 bridgehead atoms. The lowest BCUT2D eigenvalue weighted by molar-refractivity contribution is -0.424. The van der Waals surface area contributed by atoms with Crippen LogP contribution in [0.4, 0.5) is 83.4 Å². The van der Waals surface area contributed by atoms with Crippen molar-refractivity contribution in [2.75, 3.05) is 6.61 Å². The topological polar surface area (TPSA) is 9.23 Å². The third kappa shape index (κ3) is 4.81. The molecule has 0 radical (unpaired) electrons. The maximum Gasteiger partial charge on any atom is 0.460 e. The lowest BCUT2D eigenvalue weighted by Crippen LogP contribution is -2.69. The summed E-state index contributed by atoms with van der Waals surface area (Å²) in [4.78, 5) is 0. The number of ether oxygens (including phenoxy) is 1. The Bertz CT molecular complexity index is 719. The number of hydrogen-bond acceptors (Lipinski definition) is 1. The summed E-state index contributed by atoms with van der Waals surface area (Å²) in [7, 11) is 0. The van der Waals surface area contributed by atoms with E-state index >= 15 is 0 Å². The molecule has 20 heteroatoms. The zero-order valence-corrected chi connectivity index (χ0v) is 15.5. The van der Waals surface area contributed by atoms with E-state index in [9.17, 15) is 83.4 Å². The maximum absolute atomic E-state index is 13.5. The van der Waals surface area contributed by atoms with Crippen molar-refractivity contribution in [2.24, 2.45) is 0 Å². The summed E-state index contributed by atoms with van der Waals surface area (Å²) in [5.41, 5.74) is 0. The average molecular weight is 554 g/mol. The summed E-state index contributed by atoms with van der Waals surface area (Å²) < 4.78 is 252. The quantitative estimate of drug-likeness (QED) is 0.137. The molecule has 0 aromatic rings. The van der Waals surface area contributed by atoms with Crippen LogP contribution in [0.2, 0.25) is 0 Å². The first-order valence-electron chi connectivity index (χ1n) is 7.83.